The second-order valence-electron chi connectivity index (χ2n) is 22.2. The highest BCUT2D eigenvalue weighted by Gasteiger charge is 2.37. The molecule has 7 aromatic rings. The van der Waals surface area contributed by atoms with Crippen LogP contribution in [0.15, 0.2) is 80.0 Å². The average molecular weight is 1190 g/mol. The summed E-state index contributed by atoms with van der Waals surface area (Å²) in [7, 11) is 4.18. The van der Waals surface area contributed by atoms with Gasteiger partial charge in [-0.25, -0.2) is 34.5 Å². The number of Topliss-reactive ketones (excluding diaryl/α,β-unsaturated/α-hetero) is 2. The molecule has 446 valence electrons. The summed E-state index contributed by atoms with van der Waals surface area (Å²) in [6.45, 7) is 17.6. The topological polar surface area (TPSA) is 284 Å². The van der Waals surface area contributed by atoms with E-state index in [4.69, 9.17) is 28.7 Å². The lowest BCUT2D eigenvalue weighted by molar-refractivity contribution is -0.118. The molecule has 22 nitrogen and oxygen atoms in total. The summed E-state index contributed by atoms with van der Waals surface area (Å²) in [6, 6.07) is 15.1. The smallest absolute Gasteiger partial charge is 0.410 e. The number of aromatic amines is 3. The average Bonchev–Trinajstić information content (AvgIpc) is 2.99. The number of hydrogen-bond acceptors (Lipinski definition) is 19. The predicted molar refractivity (Wildman–Crippen MR) is 318 cm³/mol. The van der Waals surface area contributed by atoms with Crippen LogP contribution in [0.4, 0.5) is 9.59 Å². The van der Waals surface area contributed by atoms with E-state index in [0.717, 1.165) is 28.8 Å². The fraction of sp³-hybridized carbons (Fsp3) is 0.433. The SMILES string of the molecule is COc1c(-c2ncc(Cc3ccc(C)cc3)s2)nc([C@H]2CCCN2C(=O)OC(C)(C)C)[nH]c1=O.COc1c(C(=O)CCC(=O)Cc2ccc(C)cc2)nc([C@H]2CCCN2C(=O)OC(C)(C)C)[nH]c1=O.COc1c(C)nc(-c2cscn2)[nH]c1=O. The van der Waals surface area contributed by atoms with Crippen molar-refractivity contribution in [2.24, 2.45) is 0 Å². The maximum absolute atomic E-state index is 13.0. The zero-order valence-electron chi connectivity index (χ0n) is 49.4. The first-order valence-corrected chi connectivity index (χ1v) is 29.1. The van der Waals surface area contributed by atoms with E-state index in [2.05, 4.69) is 66.1 Å². The Kier molecular flexibility index (Phi) is 20.9. The lowest BCUT2D eigenvalue weighted by Gasteiger charge is -2.28. The van der Waals surface area contributed by atoms with Crippen molar-refractivity contribution in [2.45, 2.75) is 137 Å². The normalized spacial score (nSPS) is 14.9. The Morgan fingerprint density at radius 3 is 1.68 bits per heavy atom. The molecule has 0 spiro atoms. The number of ether oxygens (including phenoxy) is 5. The highest BCUT2D eigenvalue weighted by Crippen LogP contribution is 2.36. The van der Waals surface area contributed by atoms with E-state index in [1.165, 1.54) is 60.0 Å². The van der Waals surface area contributed by atoms with Gasteiger partial charge in [0.25, 0.3) is 16.7 Å². The largest absolute Gasteiger partial charge is 0.490 e. The number of nitrogens with one attached hydrogen (secondary N) is 3. The summed E-state index contributed by atoms with van der Waals surface area (Å²) in [5.74, 6) is 0.696. The summed E-state index contributed by atoms with van der Waals surface area (Å²) in [5.41, 5.74) is 4.99. The van der Waals surface area contributed by atoms with Crippen LogP contribution >= 0.6 is 22.7 Å². The summed E-state index contributed by atoms with van der Waals surface area (Å²) < 4.78 is 26.5. The van der Waals surface area contributed by atoms with Crippen LogP contribution in [0.1, 0.15) is 147 Å². The van der Waals surface area contributed by atoms with Gasteiger partial charge in [-0.2, -0.15) is 0 Å². The number of aromatic nitrogens is 8. The molecule has 2 aliphatic heterocycles. The van der Waals surface area contributed by atoms with Crippen LogP contribution in [-0.2, 0) is 27.1 Å². The van der Waals surface area contributed by atoms with Crippen LogP contribution in [0.3, 0.4) is 0 Å². The second kappa shape index (κ2) is 27.8. The fourth-order valence-corrected chi connectivity index (χ4v) is 10.7. The molecule has 2 atom stereocenters. The van der Waals surface area contributed by atoms with Crippen LogP contribution < -0.4 is 30.9 Å². The lowest BCUT2D eigenvalue weighted by atomic mass is 10.0. The number of aryl methyl sites for hydroxylation is 3. The Morgan fingerprint density at radius 1 is 0.643 bits per heavy atom. The molecular formula is C60H72N10O12S2. The van der Waals surface area contributed by atoms with Crippen molar-refractivity contribution in [2.75, 3.05) is 34.4 Å². The van der Waals surface area contributed by atoms with E-state index in [1.807, 2.05) is 63.5 Å². The van der Waals surface area contributed by atoms with Crippen molar-refractivity contribution >= 4 is 46.4 Å². The first kappa shape index (κ1) is 63.2. The minimum absolute atomic E-state index is 0.0210. The molecule has 3 N–H and O–H groups in total. The fourth-order valence-electron chi connectivity index (χ4n) is 9.23. The third-order valence-electron chi connectivity index (χ3n) is 13.2. The number of hydrogen-bond donors (Lipinski definition) is 3. The minimum Gasteiger partial charge on any atom is -0.490 e. The molecule has 7 heterocycles. The molecule has 24 heteroatoms. The quantitative estimate of drug-likeness (QED) is 0.0805. The number of carbonyl (C=O) groups excluding carboxylic acids is 4. The molecule has 0 bridgehead atoms. The minimum atomic E-state index is -0.669. The standard InChI is InChI=1S/C26H33N3O6.C25H30N4O4S.C9H9N3O2S/c1-16-8-10-17(11-9-16)15-18(30)12-13-20(31)21-22(34-5)24(32)28-23(27-21)19-7-6-14-29(19)25(33)35-26(2,3)4;1-15-8-10-16(11-9-15)13-17-14-26-23(34-17)19-20(32-5)22(30)28-21(27-19)18-7-6-12-29(18)24(31)33-25(2,3)4;1-5-7(14-2)9(13)12-8(11-5)6-3-15-4-10-6/h8-11,19H,6-7,12-15H2,1-5H3,(H,27,28,32);8-11,14,18H,6-7,12-13H2,1-5H3,(H,27,28,30);3-4H,1-2H3,(H,11,12,13)/t19-;18-;/m11./s1. The van der Waals surface area contributed by atoms with Crippen LogP contribution in [0.5, 0.6) is 17.2 Å². The van der Waals surface area contributed by atoms with Gasteiger partial charge in [-0.1, -0.05) is 59.7 Å². The summed E-state index contributed by atoms with van der Waals surface area (Å²) in [6.07, 6.45) is 4.54. The van der Waals surface area contributed by atoms with E-state index in [-0.39, 0.29) is 65.4 Å². The molecule has 2 amide bonds. The number of nitrogens with zero attached hydrogens (tertiary/aromatic N) is 7. The van der Waals surface area contributed by atoms with Gasteiger partial charge in [0.1, 0.15) is 45.0 Å². The first-order valence-electron chi connectivity index (χ1n) is 27.3. The molecule has 84 heavy (non-hydrogen) atoms. The third-order valence-corrected chi connectivity index (χ3v) is 14.8. The van der Waals surface area contributed by atoms with Gasteiger partial charge in [-0.3, -0.25) is 33.8 Å². The molecule has 0 unspecified atom stereocenters. The lowest BCUT2D eigenvalue weighted by Crippen LogP contribution is -2.37. The molecule has 2 saturated heterocycles. The second-order valence-corrected chi connectivity index (χ2v) is 24.0. The van der Waals surface area contributed by atoms with Crippen molar-refractivity contribution < 1.29 is 42.9 Å². The van der Waals surface area contributed by atoms with Crippen molar-refractivity contribution in [3.8, 4) is 39.5 Å². The summed E-state index contributed by atoms with van der Waals surface area (Å²) >= 11 is 2.93. The number of likely N-dealkylation sites (tertiary alicyclic amines) is 2. The van der Waals surface area contributed by atoms with E-state index in [0.29, 0.717) is 66.1 Å². The first-order chi connectivity index (χ1) is 39.8. The zero-order valence-corrected chi connectivity index (χ0v) is 51.1. The molecule has 0 radical (unpaired) electrons. The Balaban J connectivity index is 0.000000194. The molecular weight excluding hydrogens is 1120 g/mol. The van der Waals surface area contributed by atoms with Crippen molar-refractivity contribution in [1.82, 2.24) is 49.7 Å². The summed E-state index contributed by atoms with van der Waals surface area (Å²) in [5, 5.41) is 2.43. The predicted octanol–water partition coefficient (Wildman–Crippen LogP) is 10.0. The molecule has 9 rings (SSSR count). The molecule has 0 saturated carbocycles. The number of amides is 2. The van der Waals surface area contributed by atoms with E-state index >= 15 is 0 Å². The van der Waals surface area contributed by atoms with Crippen LogP contribution in [-0.4, -0.2) is 119 Å². The maximum atomic E-state index is 13.0. The number of H-pyrrole nitrogens is 3. The van der Waals surface area contributed by atoms with E-state index in [9.17, 15) is 33.6 Å². The van der Waals surface area contributed by atoms with Crippen molar-refractivity contribution in [1.29, 1.82) is 0 Å². The number of benzene rings is 2. The number of rotatable bonds is 15. The third kappa shape index (κ3) is 16.7. The van der Waals surface area contributed by atoms with Gasteiger partial charge < -0.3 is 38.6 Å². The Morgan fingerprint density at radius 2 is 1.17 bits per heavy atom. The number of methoxy groups -OCH3 is 3. The van der Waals surface area contributed by atoms with Gasteiger partial charge in [0.05, 0.1) is 44.6 Å². The summed E-state index contributed by atoms with van der Waals surface area (Å²) in [4.78, 5) is 122. The molecule has 2 fully saturated rings. The molecule has 5 aromatic heterocycles. The highest BCUT2D eigenvalue weighted by atomic mass is 32.1. The van der Waals surface area contributed by atoms with E-state index in [1.54, 1.807) is 38.1 Å². The van der Waals surface area contributed by atoms with Gasteiger partial charge in [0.2, 0.25) is 17.2 Å². The van der Waals surface area contributed by atoms with Crippen LogP contribution in [0.2, 0.25) is 0 Å². The van der Waals surface area contributed by atoms with Gasteiger partial charge in [-0.05, 0) is 99.1 Å². The zero-order chi connectivity index (χ0) is 61.0. The number of thiazole rings is 2. The highest BCUT2D eigenvalue weighted by molar-refractivity contribution is 7.15. The van der Waals surface area contributed by atoms with Crippen molar-refractivity contribution in [3.63, 3.8) is 0 Å². The van der Waals surface area contributed by atoms with Gasteiger partial charge in [0, 0.05) is 55.2 Å². The number of carbonyl (C=O) groups is 4. The van der Waals surface area contributed by atoms with Crippen LogP contribution in [0.25, 0.3) is 22.2 Å². The van der Waals surface area contributed by atoms with Crippen molar-refractivity contribution in [3.05, 3.63) is 147 Å². The Labute approximate surface area is 494 Å². The molecule has 2 aromatic carbocycles. The van der Waals surface area contributed by atoms with Gasteiger partial charge in [-0.15, -0.1) is 22.7 Å². The van der Waals surface area contributed by atoms with Crippen LogP contribution in [0, 0.1) is 20.8 Å². The van der Waals surface area contributed by atoms with Gasteiger partial charge >= 0.3 is 12.2 Å². The Bertz CT molecular complexity index is 3620. The van der Waals surface area contributed by atoms with E-state index < -0.39 is 46.3 Å². The molecule has 2 aliphatic rings. The van der Waals surface area contributed by atoms with Gasteiger partial charge in [0.15, 0.2) is 17.3 Å². The number of ketones is 2. The Hall–Kier alpha value is -8.38. The monoisotopic (exact) mass is 1190 g/mol. The molecule has 0 aliphatic carbocycles. The maximum Gasteiger partial charge on any atom is 0.410 e.